The van der Waals surface area contributed by atoms with Crippen LogP contribution in [0.3, 0.4) is 0 Å². The van der Waals surface area contributed by atoms with Gasteiger partial charge >= 0.3 is 0 Å². The Hall–Kier alpha value is -1.39. The van der Waals surface area contributed by atoms with E-state index in [0.717, 1.165) is 29.8 Å². The lowest BCUT2D eigenvalue weighted by molar-refractivity contribution is -0.132. The van der Waals surface area contributed by atoms with Crippen molar-refractivity contribution in [1.29, 1.82) is 0 Å². The van der Waals surface area contributed by atoms with Crippen molar-refractivity contribution in [1.82, 2.24) is 15.5 Å². The number of likely N-dealkylation sites (tertiary alicyclic amines) is 1. The molecule has 0 bridgehead atoms. The molecule has 0 saturated carbocycles. The van der Waals surface area contributed by atoms with Crippen LogP contribution < -0.4 is 10.6 Å². The molecule has 2 atom stereocenters. The summed E-state index contributed by atoms with van der Waals surface area (Å²) in [6.07, 6.45) is 2.15. The molecule has 1 aliphatic heterocycles. The Kier molecular flexibility index (Phi) is 9.64. The Labute approximate surface area is 193 Å². The average Bonchev–Trinajstić information content (AvgIpc) is 3.14. The maximum atomic E-state index is 12.3. The molecule has 0 radical (unpaired) electrons. The maximum Gasteiger partial charge on any atom is 0.224 e. The van der Waals surface area contributed by atoms with Crippen molar-refractivity contribution in [2.24, 2.45) is 10.9 Å². The molecule has 8 heteroatoms. The minimum Gasteiger partial charge on any atom is -0.386 e. The summed E-state index contributed by atoms with van der Waals surface area (Å²) in [6.45, 7) is 4.84. The predicted molar refractivity (Wildman–Crippen MR) is 131 cm³/mol. The van der Waals surface area contributed by atoms with E-state index in [9.17, 15) is 9.90 Å². The molecule has 6 nitrogen and oxygen atoms in total. The van der Waals surface area contributed by atoms with Crippen LogP contribution in [0.1, 0.15) is 37.2 Å². The van der Waals surface area contributed by atoms with Crippen LogP contribution in [0, 0.1) is 5.92 Å². The van der Waals surface area contributed by atoms with E-state index >= 15 is 0 Å². The van der Waals surface area contributed by atoms with Gasteiger partial charge in [0.05, 0.1) is 0 Å². The van der Waals surface area contributed by atoms with Crippen LogP contribution in [0.25, 0.3) is 10.1 Å². The Morgan fingerprint density at radius 1 is 1.38 bits per heavy atom. The van der Waals surface area contributed by atoms with Crippen LogP contribution in [0.5, 0.6) is 0 Å². The normalized spacial score (nSPS) is 18.2. The largest absolute Gasteiger partial charge is 0.386 e. The van der Waals surface area contributed by atoms with Gasteiger partial charge in [-0.05, 0) is 36.3 Å². The zero-order valence-corrected chi connectivity index (χ0v) is 20.2. The first-order valence-corrected chi connectivity index (χ1v) is 10.8. The van der Waals surface area contributed by atoms with Crippen molar-refractivity contribution in [3.63, 3.8) is 0 Å². The second-order valence-corrected chi connectivity index (χ2v) is 8.53. The molecule has 1 aromatic carbocycles. The van der Waals surface area contributed by atoms with E-state index < -0.39 is 6.10 Å². The Morgan fingerprint density at radius 3 is 2.90 bits per heavy atom. The zero-order chi connectivity index (χ0) is 19.9. The van der Waals surface area contributed by atoms with Gasteiger partial charge < -0.3 is 20.6 Å². The highest BCUT2D eigenvalue weighted by atomic mass is 127. The van der Waals surface area contributed by atoms with Crippen molar-refractivity contribution in [2.75, 3.05) is 33.2 Å². The van der Waals surface area contributed by atoms with E-state index in [1.165, 1.54) is 11.1 Å². The van der Waals surface area contributed by atoms with Gasteiger partial charge in [-0.25, -0.2) is 0 Å². The Bertz CT molecular complexity index is 793. The van der Waals surface area contributed by atoms with E-state index in [1.807, 2.05) is 23.1 Å². The number of piperidine rings is 1. The second-order valence-electron chi connectivity index (χ2n) is 7.42. The van der Waals surface area contributed by atoms with E-state index in [-0.39, 0.29) is 29.9 Å². The summed E-state index contributed by atoms with van der Waals surface area (Å²) in [5.74, 6) is 1.38. The van der Waals surface area contributed by atoms with Crippen LogP contribution in [-0.2, 0) is 4.79 Å². The van der Waals surface area contributed by atoms with E-state index in [4.69, 9.17) is 0 Å². The molecule has 1 amide bonds. The number of guanidine groups is 1. The highest BCUT2D eigenvalue weighted by molar-refractivity contribution is 14.0. The molecule has 29 heavy (non-hydrogen) atoms. The molecule has 2 unspecified atom stereocenters. The first-order valence-electron chi connectivity index (χ1n) is 9.95. The van der Waals surface area contributed by atoms with Crippen LogP contribution in [0.15, 0.2) is 35.3 Å². The molecule has 2 heterocycles. The second kappa shape index (κ2) is 11.7. The fourth-order valence-corrected chi connectivity index (χ4v) is 4.59. The first-order chi connectivity index (χ1) is 13.6. The van der Waals surface area contributed by atoms with Crippen LogP contribution in [0.2, 0.25) is 0 Å². The van der Waals surface area contributed by atoms with Crippen LogP contribution in [-0.4, -0.2) is 55.1 Å². The summed E-state index contributed by atoms with van der Waals surface area (Å²) in [5.41, 5.74) is 0. The Balaban J connectivity index is 0.00000300. The molecule has 1 saturated heterocycles. The molecule has 0 spiro atoms. The summed E-state index contributed by atoms with van der Waals surface area (Å²) >= 11 is 1.60. The Morgan fingerprint density at radius 2 is 2.17 bits per heavy atom. The number of aliphatic imine (C=N–C) groups is 1. The number of rotatable bonds is 6. The van der Waals surface area contributed by atoms with Crippen molar-refractivity contribution < 1.29 is 9.90 Å². The lowest BCUT2D eigenvalue weighted by Crippen LogP contribution is -2.43. The number of amides is 1. The van der Waals surface area contributed by atoms with Gasteiger partial charge in [-0.2, -0.15) is 0 Å². The van der Waals surface area contributed by atoms with Crippen molar-refractivity contribution in [3.8, 4) is 0 Å². The van der Waals surface area contributed by atoms with Gasteiger partial charge in [0.1, 0.15) is 6.10 Å². The number of carbonyl (C=O) groups excluding carboxylic acids is 1. The van der Waals surface area contributed by atoms with Gasteiger partial charge in [-0.1, -0.05) is 25.1 Å². The average molecular weight is 530 g/mol. The quantitative estimate of drug-likeness (QED) is 0.304. The van der Waals surface area contributed by atoms with Crippen molar-refractivity contribution in [3.05, 3.63) is 35.2 Å². The number of nitrogens with zero attached hydrogens (tertiary/aromatic N) is 2. The number of hydrogen-bond donors (Lipinski definition) is 3. The number of halogens is 1. The number of aliphatic hydroxyl groups is 1. The van der Waals surface area contributed by atoms with Gasteiger partial charge in [0.15, 0.2) is 5.96 Å². The van der Waals surface area contributed by atoms with Crippen molar-refractivity contribution in [2.45, 2.75) is 32.3 Å². The number of nitrogens with one attached hydrogen (secondary N) is 2. The highest BCUT2D eigenvalue weighted by Crippen LogP contribution is 2.29. The van der Waals surface area contributed by atoms with E-state index in [1.54, 1.807) is 18.4 Å². The third-order valence-corrected chi connectivity index (χ3v) is 6.32. The zero-order valence-electron chi connectivity index (χ0n) is 17.1. The number of aliphatic hydroxyl groups excluding tert-OH is 1. The van der Waals surface area contributed by atoms with Crippen molar-refractivity contribution >= 4 is 57.3 Å². The smallest absolute Gasteiger partial charge is 0.224 e. The molecule has 3 rings (SSSR count). The molecule has 160 valence electrons. The standard InChI is InChI=1S/C21H30N4O2S.HI/c1-15-6-5-11-25(14-15)20(27)9-10-23-21(22-2)24-13-17(26)19-12-16-7-3-4-8-18(16)28-19;/h3-4,7-8,12,15,17,26H,5-6,9-11,13-14H2,1-2H3,(H2,22,23,24);1H. The summed E-state index contributed by atoms with van der Waals surface area (Å²) in [4.78, 5) is 19.4. The number of carbonyl (C=O) groups is 1. The van der Waals surface area contributed by atoms with Gasteiger partial charge in [0.25, 0.3) is 0 Å². The van der Waals surface area contributed by atoms with Crippen LogP contribution >= 0.6 is 35.3 Å². The van der Waals surface area contributed by atoms with Crippen LogP contribution in [0.4, 0.5) is 0 Å². The highest BCUT2D eigenvalue weighted by Gasteiger charge is 2.20. The SMILES string of the molecule is CN=C(NCCC(=O)N1CCCC(C)C1)NCC(O)c1cc2ccccc2s1.I. The molecule has 2 aromatic rings. The van der Waals surface area contributed by atoms with Gasteiger partial charge in [0.2, 0.25) is 5.91 Å². The fourth-order valence-electron chi connectivity index (χ4n) is 3.54. The number of hydrogen-bond acceptors (Lipinski definition) is 4. The topological polar surface area (TPSA) is 77.0 Å². The molecular weight excluding hydrogens is 499 g/mol. The summed E-state index contributed by atoms with van der Waals surface area (Å²) in [6, 6.07) is 10.1. The molecular formula is C21H31IN4O2S. The first kappa shape index (κ1) is 23.9. The molecule has 1 aromatic heterocycles. The number of thiophene rings is 1. The number of fused-ring (bicyclic) bond motifs is 1. The fraction of sp³-hybridized carbons (Fsp3) is 0.524. The van der Waals surface area contributed by atoms with Gasteiger partial charge in [-0.15, -0.1) is 35.3 Å². The minimum atomic E-state index is -0.604. The lowest BCUT2D eigenvalue weighted by Gasteiger charge is -2.31. The maximum absolute atomic E-state index is 12.3. The molecule has 1 aliphatic rings. The number of benzene rings is 1. The molecule has 0 aliphatic carbocycles. The molecule has 1 fully saturated rings. The molecule has 3 N–H and O–H groups in total. The third-order valence-electron chi connectivity index (χ3n) is 5.10. The van der Waals surface area contributed by atoms with Gasteiger partial charge in [0, 0.05) is 49.2 Å². The monoisotopic (exact) mass is 530 g/mol. The third kappa shape index (κ3) is 6.82. The lowest BCUT2D eigenvalue weighted by atomic mass is 10.00. The summed E-state index contributed by atoms with van der Waals surface area (Å²) in [7, 11) is 1.69. The minimum absolute atomic E-state index is 0. The summed E-state index contributed by atoms with van der Waals surface area (Å²) in [5, 5.41) is 17.9. The van der Waals surface area contributed by atoms with Gasteiger partial charge in [-0.3, -0.25) is 9.79 Å². The predicted octanol–water partition coefficient (Wildman–Crippen LogP) is 3.37. The summed E-state index contributed by atoms with van der Waals surface area (Å²) < 4.78 is 1.17. The van der Waals surface area contributed by atoms with E-state index in [2.05, 4.69) is 34.7 Å². The van der Waals surface area contributed by atoms with E-state index in [0.29, 0.717) is 31.4 Å².